The number of halogens is 1. The summed E-state index contributed by atoms with van der Waals surface area (Å²) in [6, 6.07) is 3.69. The van der Waals surface area contributed by atoms with Gasteiger partial charge in [0, 0.05) is 24.6 Å². The molecule has 1 saturated heterocycles. The second kappa shape index (κ2) is 5.15. The Bertz CT molecular complexity index is 809. The number of carbonyl (C=O) groups excluding carboxylic acids is 1. The van der Waals surface area contributed by atoms with E-state index in [1.54, 1.807) is 6.07 Å². The Kier molecular flexibility index (Phi) is 3.34. The highest BCUT2D eigenvalue weighted by Gasteiger charge is 2.73. The highest BCUT2D eigenvalue weighted by atomic mass is 35.5. The number of ketones is 1. The predicted molar refractivity (Wildman–Crippen MR) is 97.0 cm³/mol. The summed E-state index contributed by atoms with van der Waals surface area (Å²) in [7, 11) is 0. The highest BCUT2D eigenvalue weighted by Crippen LogP contribution is 2.64. The van der Waals surface area contributed by atoms with Crippen molar-refractivity contribution >= 4 is 18.2 Å². The van der Waals surface area contributed by atoms with Gasteiger partial charge in [0.15, 0.2) is 23.4 Å². The molecule has 0 aromatic heterocycles. The molecule has 5 nitrogen and oxygen atoms in total. The Morgan fingerprint density at radius 2 is 2.08 bits per heavy atom. The van der Waals surface area contributed by atoms with Crippen molar-refractivity contribution < 1.29 is 19.7 Å². The topological polar surface area (TPSA) is 70.0 Å². The van der Waals surface area contributed by atoms with Gasteiger partial charge in [0.25, 0.3) is 0 Å². The summed E-state index contributed by atoms with van der Waals surface area (Å²) in [6.45, 7) is 1.95. The lowest BCUT2D eigenvalue weighted by molar-refractivity contribution is -0.188. The second-order valence-electron chi connectivity index (χ2n) is 8.72. The number of aromatic hydroxyl groups is 1. The first-order valence-corrected chi connectivity index (χ1v) is 9.56. The molecule has 1 aromatic rings. The molecule has 6 heteroatoms. The van der Waals surface area contributed by atoms with Gasteiger partial charge in [-0.1, -0.05) is 6.07 Å². The molecule has 6 rings (SSSR count). The van der Waals surface area contributed by atoms with E-state index in [9.17, 15) is 15.0 Å². The molecule has 1 spiro atoms. The van der Waals surface area contributed by atoms with Crippen LogP contribution in [0, 0.1) is 5.92 Å². The number of nitrogens with zero attached hydrogens (tertiary/aromatic N) is 1. The predicted octanol–water partition coefficient (Wildman–Crippen LogP) is 1.95. The molecule has 2 saturated carbocycles. The van der Waals surface area contributed by atoms with Crippen LogP contribution in [0.5, 0.6) is 11.5 Å². The Balaban J connectivity index is 0.00000150. The van der Waals surface area contributed by atoms with Gasteiger partial charge in [0.1, 0.15) is 0 Å². The van der Waals surface area contributed by atoms with Crippen molar-refractivity contribution in [1.82, 2.24) is 4.90 Å². The van der Waals surface area contributed by atoms with Crippen molar-refractivity contribution in [2.24, 2.45) is 5.92 Å². The Hall–Kier alpha value is -1.30. The number of phenols is 1. The van der Waals surface area contributed by atoms with Gasteiger partial charge in [0.05, 0.1) is 11.0 Å². The minimum Gasteiger partial charge on any atom is -0.504 e. The van der Waals surface area contributed by atoms with E-state index in [4.69, 9.17) is 4.74 Å². The zero-order valence-electron chi connectivity index (χ0n) is 14.6. The van der Waals surface area contributed by atoms with E-state index in [2.05, 4.69) is 4.90 Å². The van der Waals surface area contributed by atoms with Gasteiger partial charge in [0.2, 0.25) is 0 Å². The van der Waals surface area contributed by atoms with Gasteiger partial charge in [-0.2, -0.15) is 0 Å². The lowest BCUT2D eigenvalue weighted by Crippen LogP contribution is -2.76. The largest absolute Gasteiger partial charge is 0.504 e. The van der Waals surface area contributed by atoms with Crippen LogP contribution in [0.3, 0.4) is 0 Å². The van der Waals surface area contributed by atoms with Gasteiger partial charge in [-0.3, -0.25) is 9.69 Å². The standard InChI is InChI=1S/C20H23NO4.ClH/c22-13-4-3-12-9-15-20(24)6-5-14(23)18-19(20,16(12)17(13)25-18)7-8-21(15)10-11-1-2-11;/h3-4,11,15,18,22,24H,1-2,5-10H2;1H/t15?,18?,19-,20+;/m1./s1. The fraction of sp³-hybridized carbons (Fsp3) is 0.650. The molecule has 0 amide bonds. The third-order valence-electron chi connectivity index (χ3n) is 7.56. The number of Topliss-reactive ketones (excluding diaryl/α,β-unsaturated/α-hetero) is 1. The van der Waals surface area contributed by atoms with Gasteiger partial charge < -0.3 is 14.9 Å². The maximum absolute atomic E-state index is 12.7. The number of ether oxygens (including phenoxy) is 1. The molecule has 4 atom stereocenters. The number of rotatable bonds is 2. The van der Waals surface area contributed by atoms with Crippen LogP contribution in [0.2, 0.25) is 0 Å². The first kappa shape index (κ1) is 16.8. The van der Waals surface area contributed by atoms with Crippen LogP contribution in [0.4, 0.5) is 0 Å². The molecule has 26 heavy (non-hydrogen) atoms. The van der Waals surface area contributed by atoms with Crippen LogP contribution >= 0.6 is 12.4 Å². The van der Waals surface area contributed by atoms with Crippen LogP contribution < -0.4 is 4.74 Å². The molecular weight excluding hydrogens is 354 g/mol. The minimum absolute atomic E-state index is 0. The van der Waals surface area contributed by atoms with Gasteiger partial charge in [-0.25, -0.2) is 0 Å². The number of phenolic OH excluding ortho intramolecular Hbond substituents is 1. The molecule has 2 heterocycles. The van der Waals surface area contributed by atoms with Crippen LogP contribution in [0.1, 0.15) is 43.2 Å². The summed E-state index contributed by atoms with van der Waals surface area (Å²) in [5, 5.41) is 22.3. The normalized spacial score (nSPS) is 39.8. The molecule has 0 radical (unpaired) electrons. The summed E-state index contributed by atoms with van der Waals surface area (Å²) in [5.41, 5.74) is 0.454. The number of hydrogen-bond donors (Lipinski definition) is 2. The first-order chi connectivity index (χ1) is 12.0. The zero-order valence-corrected chi connectivity index (χ0v) is 15.4. The van der Waals surface area contributed by atoms with E-state index in [-0.39, 0.29) is 30.0 Å². The van der Waals surface area contributed by atoms with Crippen molar-refractivity contribution in [1.29, 1.82) is 0 Å². The van der Waals surface area contributed by atoms with E-state index in [0.717, 1.165) is 43.0 Å². The lowest BCUT2D eigenvalue weighted by atomic mass is 9.49. The molecule has 2 bridgehead atoms. The number of hydrogen-bond acceptors (Lipinski definition) is 5. The molecule has 5 aliphatic rings. The summed E-state index contributed by atoms with van der Waals surface area (Å²) in [6.07, 6.45) is 4.33. The summed E-state index contributed by atoms with van der Waals surface area (Å²) >= 11 is 0. The summed E-state index contributed by atoms with van der Waals surface area (Å²) in [4.78, 5) is 15.2. The van der Waals surface area contributed by atoms with Gasteiger partial charge >= 0.3 is 0 Å². The minimum atomic E-state index is -0.940. The van der Waals surface area contributed by atoms with Crippen molar-refractivity contribution in [3.63, 3.8) is 0 Å². The van der Waals surface area contributed by atoms with Crippen molar-refractivity contribution in [3.05, 3.63) is 23.3 Å². The summed E-state index contributed by atoms with van der Waals surface area (Å²) in [5.74, 6) is 1.39. The Morgan fingerprint density at radius 3 is 2.85 bits per heavy atom. The maximum Gasteiger partial charge on any atom is 0.174 e. The highest BCUT2D eigenvalue weighted by molar-refractivity contribution is 5.90. The average Bonchev–Trinajstić information content (AvgIpc) is 3.32. The fourth-order valence-electron chi connectivity index (χ4n) is 6.26. The Morgan fingerprint density at radius 1 is 1.27 bits per heavy atom. The van der Waals surface area contributed by atoms with Crippen LogP contribution in [-0.4, -0.2) is 51.7 Å². The number of likely N-dealkylation sites (tertiary alicyclic amines) is 1. The first-order valence-electron chi connectivity index (χ1n) is 9.56. The smallest absolute Gasteiger partial charge is 0.174 e. The molecule has 140 valence electrons. The number of carbonyl (C=O) groups is 1. The zero-order chi connectivity index (χ0) is 17.0. The third kappa shape index (κ3) is 1.77. The molecule has 3 aliphatic carbocycles. The molecule has 2 aliphatic heterocycles. The van der Waals surface area contributed by atoms with E-state index >= 15 is 0 Å². The Labute approximate surface area is 158 Å². The molecule has 3 fully saturated rings. The number of aliphatic hydroxyl groups is 1. The summed E-state index contributed by atoms with van der Waals surface area (Å²) < 4.78 is 6.04. The lowest BCUT2D eigenvalue weighted by Gasteiger charge is -2.62. The number of piperidine rings is 1. The molecule has 1 aromatic carbocycles. The monoisotopic (exact) mass is 377 g/mol. The fourth-order valence-corrected chi connectivity index (χ4v) is 6.26. The van der Waals surface area contributed by atoms with E-state index < -0.39 is 17.1 Å². The number of benzene rings is 1. The van der Waals surface area contributed by atoms with E-state index in [0.29, 0.717) is 18.6 Å². The SMILES string of the molecule is Cl.O=C1CC[C@]2(O)C3Cc4ccc(O)c5c4[C@]2(CCN3CC2CC2)C1O5. The van der Waals surface area contributed by atoms with Gasteiger partial charge in [-0.15, -0.1) is 12.4 Å². The van der Waals surface area contributed by atoms with Crippen LogP contribution in [0.15, 0.2) is 12.1 Å². The van der Waals surface area contributed by atoms with Crippen LogP contribution in [0.25, 0.3) is 0 Å². The van der Waals surface area contributed by atoms with Crippen molar-refractivity contribution in [2.45, 2.75) is 61.7 Å². The molecular formula is C20H24ClNO4. The quantitative estimate of drug-likeness (QED) is 0.824. The van der Waals surface area contributed by atoms with E-state index in [1.165, 1.54) is 12.8 Å². The maximum atomic E-state index is 12.7. The second-order valence-corrected chi connectivity index (χ2v) is 8.72. The third-order valence-corrected chi connectivity index (χ3v) is 7.56. The molecule has 2 unspecified atom stereocenters. The van der Waals surface area contributed by atoms with Gasteiger partial charge in [-0.05, 0) is 56.2 Å². The molecule has 2 N–H and O–H groups in total. The van der Waals surface area contributed by atoms with E-state index in [1.807, 2.05) is 6.07 Å². The van der Waals surface area contributed by atoms with Crippen LogP contribution in [-0.2, 0) is 16.6 Å². The van der Waals surface area contributed by atoms with Crippen molar-refractivity contribution in [3.8, 4) is 11.5 Å². The average molecular weight is 378 g/mol. The van der Waals surface area contributed by atoms with Crippen molar-refractivity contribution in [2.75, 3.05) is 13.1 Å².